The Morgan fingerprint density at radius 2 is 2.15 bits per heavy atom. The first kappa shape index (κ1) is 14.3. The van der Waals surface area contributed by atoms with E-state index < -0.39 is 11.7 Å². The Kier molecular flexibility index (Phi) is 3.92. The monoisotopic (exact) mass is 277 g/mol. The molecule has 1 aliphatic heterocycles. The van der Waals surface area contributed by atoms with E-state index >= 15 is 0 Å². The van der Waals surface area contributed by atoms with Crippen LogP contribution in [0.25, 0.3) is 0 Å². The highest BCUT2D eigenvalue weighted by atomic mass is 16.6. The minimum absolute atomic E-state index is 0.0845. The van der Waals surface area contributed by atoms with Gasteiger partial charge in [0.1, 0.15) is 5.60 Å². The van der Waals surface area contributed by atoms with Gasteiger partial charge in [0, 0.05) is 13.0 Å². The third kappa shape index (κ3) is 3.69. The molecule has 0 aliphatic carbocycles. The van der Waals surface area contributed by atoms with E-state index in [4.69, 9.17) is 4.74 Å². The summed E-state index contributed by atoms with van der Waals surface area (Å²) < 4.78 is 5.17. The van der Waals surface area contributed by atoms with Crippen molar-refractivity contribution in [2.24, 2.45) is 0 Å². The van der Waals surface area contributed by atoms with Gasteiger partial charge in [-0.2, -0.15) is 0 Å². The van der Waals surface area contributed by atoms with Crippen LogP contribution in [0, 0.1) is 0 Å². The van der Waals surface area contributed by atoms with Crippen molar-refractivity contribution in [3.05, 3.63) is 18.5 Å². The third-order valence-corrected chi connectivity index (χ3v) is 2.75. The van der Waals surface area contributed by atoms with Gasteiger partial charge in [0.05, 0.1) is 23.8 Å². The molecule has 0 radical (unpaired) electrons. The molecule has 6 nitrogen and oxygen atoms in total. The van der Waals surface area contributed by atoms with E-state index in [0.717, 1.165) is 6.42 Å². The van der Waals surface area contributed by atoms with Crippen LogP contribution in [0.4, 0.5) is 16.2 Å². The average molecular weight is 277 g/mol. The number of aromatic nitrogens is 1. The number of rotatable bonds is 2. The van der Waals surface area contributed by atoms with Crippen molar-refractivity contribution < 1.29 is 14.3 Å². The Hall–Kier alpha value is -2.11. The lowest BCUT2D eigenvalue weighted by Gasteiger charge is -2.20. The fourth-order valence-corrected chi connectivity index (χ4v) is 1.99. The molecule has 2 amide bonds. The van der Waals surface area contributed by atoms with Crippen LogP contribution in [0.1, 0.15) is 33.6 Å². The maximum Gasteiger partial charge on any atom is 0.412 e. The van der Waals surface area contributed by atoms with Crippen molar-refractivity contribution in [2.75, 3.05) is 16.8 Å². The summed E-state index contributed by atoms with van der Waals surface area (Å²) in [6, 6.07) is 1.72. The highest BCUT2D eigenvalue weighted by molar-refractivity contribution is 5.96. The molecule has 1 aliphatic rings. The topological polar surface area (TPSA) is 71.5 Å². The van der Waals surface area contributed by atoms with E-state index in [2.05, 4.69) is 10.3 Å². The second-order valence-corrected chi connectivity index (χ2v) is 5.71. The molecule has 0 bridgehead atoms. The molecule has 2 rings (SSSR count). The molecule has 0 aromatic carbocycles. The van der Waals surface area contributed by atoms with Gasteiger partial charge in [-0.25, -0.2) is 4.79 Å². The zero-order valence-corrected chi connectivity index (χ0v) is 12.0. The average Bonchev–Trinajstić information content (AvgIpc) is 2.73. The summed E-state index contributed by atoms with van der Waals surface area (Å²) in [5, 5.41) is 2.62. The quantitative estimate of drug-likeness (QED) is 0.901. The molecular formula is C14H19N3O3. The largest absolute Gasteiger partial charge is 0.444 e. The number of hydrogen-bond acceptors (Lipinski definition) is 4. The maximum absolute atomic E-state index is 11.7. The Bertz CT molecular complexity index is 523. The number of amides is 2. The van der Waals surface area contributed by atoms with Gasteiger partial charge in [0.25, 0.3) is 0 Å². The maximum atomic E-state index is 11.7. The molecule has 0 spiro atoms. The van der Waals surface area contributed by atoms with Crippen LogP contribution in [0.3, 0.4) is 0 Å². The van der Waals surface area contributed by atoms with Crippen molar-refractivity contribution in [3.63, 3.8) is 0 Å². The van der Waals surface area contributed by atoms with Crippen LogP contribution in [-0.2, 0) is 9.53 Å². The molecular weight excluding hydrogens is 258 g/mol. The molecule has 108 valence electrons. The van der Waals surface area contributed by atoms with Crippen LogP contribution < -0.4 is 10.2 Å². The number of anilines is 2. The van der Waals surface area contributed by atoms with Gasteiger partial charge in [-0.15, -0.1) is 0 Å². The van der Waals surface area contributed by atoms with Crippen molar-refractivity contribution in [1.82, 2.24) is 4.98 Å². The lowest BCUT2D eigenvalue weighted by molar-refractivity contribution is -0.117. The van der Waals surface area contributed by atoms with Gasteiger partial charge < -0.3 is 9.64 Å². The van der Waals surface area contributed by atoms with Gasteiger partial charge in [0.2, 0.25) is 5.91 Å². The summed E-state index contributed by atoms with van der Waals surface area (Å²) in [5.41, 5.74) is 0.651. The lowest BCUT2D eigenvalue weighted by Crippen LogP contribution is -2.27. The van der Waals surface area contributed by atoms with E-state index in [1.54, 1.807) is 37.9 Å². The Labute approximate surface area is 118 Å². The number of hydrogen-bond donors (Lipinski definition) is 1. The van der Waals surface area contributed by atoms with Gasteiger partial charge in [-0.3, -0.25) is 15.1 Å². The molecule has 0 saturated carbocycles. The molecule has 0 atom stereocenters. The van der Waals surface area contributed by atoms with Crippen LogP contribution in [0.15, 0.2) is 18.5 Å². The number of nitrogens with one attached hydrogen (secondary N) is 1. The molecule has 1 fully saturated rings. The highest BCUT2D eigenvalue weighted by Gasteiger charge is 2.22. The fourth-order valence-electron chi connectivity index (χ4n) is 1.99. The summed E-state index contributed by atoms with van der Waals surface area (Å²) >= 11 is 0. The lowest BCUT2D eigenvalue weighted by atomic mass is 10.2. The molecule has 2 heterocycles. The second-order valence-electron chi connectivity index (χ2n) is 5.71. The van der Waals surface area contributed by atoms with Gasteiger partial charge in [0.15, 0.2) is 0 Å². The van der Waals surface area contributed by atoms with E-state index in [0.29, 0.717) is 24.3 Å². The van der Waals surface area contributed by atoms with Crippen molar-refractivity contribution in [3.8, 4) is 0 Å². The first-order chi connectivity index (χ1) is 9.35. The summed E-state index contributed by atoms with van der Waals surface area (Å²) in [6.45, 7) is 6.08. The molecule has 20 heavy (non-hydrogen) atoms. The first-order valence-electron chi connectivity index (χ1n) is 6.60. The first-order valence-corrected chi connectivity index (χ1v) is 6.60. The summed E-state index contributed by atoms with van der Waals surface area (Å²) in [7, 11) is 0. The minimum Gasteiger partial charge on any atom is -0.444 e. The molecule has 1 aromatic heterocycles. The van der Waals surface area contributed by atoms with Gasteiger partial charge in [-0.05, 0) is 33.3 Å². The number of ether oxygens (including phenoxy) is 1. The zero-order chi connectivity index (χ0) is 14.8. The molecule has 1 N–H and O–H groups in total. The van der Waals surface area contributed by atoms with Crippen molar-refractivity contribution in [1.29, 1.82) is 0 Å². The highest BCUT2D eigenvalue weighted by Crippen LogP contribution is 2.23. The smallest absolute Gasteiger partial charge is 0.412 e. The Balaban J connectivity index is 2.06. The van der Waals surface area contributed by atoms with Crippen LogP contribution in [0.2, 0.25) is 0 Å². The molecule has 1 saturated heterocycles. The fraction of sp³-hybridized carbons (Fsp3) is 0.500. The van der Waals surface area contributed by atoms with E-state index in [1.807, 2.05) is 0 Å². The summed E-state index contributed by atoms with van der Waals surface area (Å²) in [4.78, 5) is 29.1. The number of carbonyl (C=O) groups excluding carboxylic acids is 2. The van der Waals surface area contributed by atoms with Gasteiger partial charge in [-0.1, -0.05) is 0 Å². The number of carbonyl (C=O) groups is 2. The Morgan fingerprint density at radius 3 is 2.75 bits per heavy atom. The third-order valence-electron chi connectivity index (χ3n) is 2.75. The Morgan fingerprint density at radius 1 is 1.40 bits per heavy atom. The van der Waals surface area contributed by atoms with Gasteiger partial charge >= 0.3 is 6.09 Å². The van der Waals surface area contributed by atoms with Crippen molar-refractivity contribution in [2.45, 2.75) is 39.2 Å². The van der Waals surface area contributed by atoms with Crippen LogP contribution in [0.5, 0.6) is 0 Å². The SMILES string of the molecule is CC(C)(C)OC(=O)Nc1cncc(N2CCCC2=O)c1. The predicted octanol–water partition coefficient (Wildman–Crippen LogP) is 2.56. The standard InChI is InChI=1S/C14H19N3O3/c1-14(2,3)20-13(19)16-10-7-11(9-15-8-10)17-6-4-5-12(17)18/h7-9H,4-6H2,1-3H3,(H,16,19). The predicted molar refractivity (Wildman–Crippen MR) is 75.7 cm³/mol. The van der Waals surface area contributed by atoms with Crippen molar-refractivity contribution >= 4 is 23.4 Å². The number of pyridine rings is 1. The van der Waals surface area contributed by atoms with Crippen LogP contribution in [-0.4, -0.2) is 29.1 Å². The minimum atomic E-state index is -0.556. The second kappa shape index (κ2) is 5.48. The van der Waals surface area contributed by atoms with E-state index in [9.17, 15) is 9.59 Å². The van der Waals surface area contributed by atoms with E-state index in [1.165, 1.54) is 6.20 Å². The van der Waals surface area contributed by atoms with E-state index in [-0.39, 0.29) is 5.91 Å². The zero-order valence-electron chi connectivity index (χ0n) is 12.0. The number of nitrogens with zero attached hydrogens (tertiary/aromatic N) is 2. The summed E-state index contributed by atoms with van der Waals surface area (Å²) in [6.07, 6.45) is 4.01. The molecule has 1 aromatic rings. The molecule has 0 unspecified atom stereocenters. The molecule has 6 heteroatoms. The summed E-state index contributed by atoms with van der Waals surface area (Å²) in [5.74, 6) is 0.0845. The van der Waals surface area contributed by atoms with Crippen LogP contribution >= 0.6 is 0 Å². The normalized spacial score (nSPS) is 15.3.